The van der Waals surface area contributed by atoms with Crippen LogP contribution in [0.2, 0.25) is 0 Å². The minimum absolute atomic E-state index is 0.0215. The molecule has 0 atom stereocenters. The summed E-state index contributed by atoms with van der Waals surface area (Å²) in [5.74, 6) is -0.317. The number of fused-ring (bicyclic) bond motifs is 1. The second-order valence-corrected chi connectivity index (χ2v) is 6.38. The molecule has 1 saturated heterocycles. The zero-order valence-corrected chi connectivity index (χ0v) is 15.7. The first-order valence-electron chi connectivity index (χ1n) is 8.82. The second-order valence-electron chi connectivity index (χ2n) is 6.38. The van der Waals surface area contributed by atoms with E-state index in [2.05, 4.69) is 10.6 Å². The summed E-state index contributed by atoms with van der Waals surface area (Å²) in [5, 5.41) is 4.94. The molecule has 2 aromatic carbocycles. The number of hydrogen-bond acceptors (Lipinski definition) is 6. The first-order valence-corrected chi connectivity index (χ1v) is 8.82. The predicted octanol–water partition coefficient (Wildman–Crippen LogP) is 2.09. The Hall–Kier alpha value is -4.08. The van der Waals surface area contributed by atoms with Crippen LogP contribution in [0.4, 0.5) is 14.9 Å². The number of rotatable bonds is 5. The molecule has 2 aliphatic rings. The molecule has 0 unspecified atom stereocenters. The second kappa shape index (κ2) is 7.74. The number of urea groups is 1. The van der Waals surface area contributed by atoms with E-state index in [1.54, 1.807) is 12.1 Å². The molecule has 2 N–H and O–H groups in total. The van der Waals surface area contributed by atoms with Crippen LogP contribution in [0.3, 0.4) is 0 Å². The van der Waals surface area contributed by atoms with Gasteiger partial charge in [0.1, 0.15) is 23.8 Å². The van der Waals surface area contributed by atoms with Crippen molar-refractivity contribution in [3.8, 4) is 17.2 Å². The lowest BCUT2D eigenvalue weighted by Crippen LogP contribution is -2.38. The zero-order valence-electron chi connectivity index (χ0n) is 15.7. The number of carbonyl (C=O) groups excluding carboxylic acids is 3. The van der Waals surface area contributed by atoms with Crippen LogP contribution in [0, 0.1) is 5.82 Å². The average Bonchev–Trinajstić information content (AvgIpc) is 3.28. The van der Waals surface area contributed by atoms with E-state index >= 15 is 0 Å². The lowest BCUT2D eigenvalue weighted by Gasteiger charge is -2.12. The van der Waals surface area contributed by atoms with Crippen LogP contribution in [-0.4, -0.2) is 43.2 Å². The Morgan fingerprint density at radius 3 is 2.63 bits per heavy atom. The summed E-state index contributed by atoms with van der Waals surface area (Å²) in [5.41, 5.74) is 0.809. The Morgan fingerprint density at radius 2 is 1.93 bits per heavy atom. The number of nitrogens with one attached hydrogen (secondary N) is 2. The summed E-state index contributed by atoms with van der Waals surface area (Å²) in [4.78, 5) is 37.8. The van der Waals surface area contributed by atoms with Gasteiger partial charge >= 0.3 is 6.03 Å². The Balaban J connectivity index is 1.50. The number of benzene rings is 2. The van der Waals surface area contributed by atoms with Gasteiger partial charge in [-0.15, -0.1) is 0 Å². The number of nitrogens with zero attached hydrogens (tertiary/aromatic N) is 1. The Labute approximate surface area is 170 Å². The maximum atomic E-state index is 13.0. The average molecular weight is 413 g/mol. The van der Waals surface area contributed by atoms with E-state index in [0.29, 0.717) is 28.5 Å². The molecule has 0 bridgehead atoms. The molecule has 4 amide bonds. The summed E-state index contributed by atoms with van der Waals surface area (Å²) in [7, 11) is 1.46. The number of methoxy groups -OCH3 is 1. The molecule has 0 aromatic heterocycles. The van der Waals surface area contributed by atoms with Gasteiger partial charge in [0.05, 0.1) is 7.11 Å². The first kappa shape index (κ1) is 19.2. The highest BCUT2D eigenvalue weighted by atomic mass is 19.1. The van der Waals surface area contributed by atoms with Crippen LogP contribution in [0.5, 0.6) is 17.2 Å². The van der Waals surface area contributed by atoms with E-state index in [4.69, 9.17) is 14.2 Å². The van der Waals surface area contributed by atoms with E-state index in [-0.39, 0.29) is 12.5 Å². The quantitative estimate of drug-likeness (QED) is 0.574. The fourth-order valence-corrected chi connectivity index (χ4v) is 2.98. The minimum Gasteiger partial charge on any atom is -0.496 e. The van der Waals surface area contributed by atoms with E-state index in [0.717, 1.165) is 4.90 Å². The van der Waals surface area contributed by atoms with Crippen molar-refractivity contribution in [1.29, 1.82) is 0 Å². The van der Waals surface area contributed by atoms with Crippen molar-refractivity contribution in [2.24, 2.45) is 0 Å². The number of amides is 4. The standard InChI is InChI=1S/C20H16FN3O6/c1-28-15-8-17-16(29-10-30-17)7-11(15)6-14-19(26)24(20(27)23-14)9-18(25)22-13-4-2-12(21)3-5-13/h2-8H,9-10H2,1H3,(H,22,25)(H,23,27)/b14-6-. The smallest absolute Gasteiger partial charge is 0.329 e. The van der Waals surface area contributed by atoms with Crippen LogP contribution in [0.15, 0.2) is 42.1 Å². The van der Waals surface area contributed by atoms with Crippen LogP contribution >= 0.6 is 0 Å². The number of carbonyl (C=O) groups is 3. The molecule has 0 saturated carbocycles. The number of anilines is 1. The van der Waals surface area contributed by atoms with E-state index in [1.165, 1.54) is 37.5 Å². The largest absolute Gasteiger partial charge is 0.496 e. The topological polar surface area (TPSA) is 106 Å². The molecule has 1 fully saturated rings. The van der Waals surface area contributed by atoms with Crippen LogP contribution in [-0.2, 0) is 9.59 Å². The lowest BCUT2D eigenvalue weighted by atomic mass is 10.1. The molecule has 2 aromatic rings. The minimum atomic E-state index is -0.736. The van der Waals surface area contributed by atoms with E-state index < -0.39 is 30.2 Å². The summed E-state index contributed by atoms with van der Waals surface area (Å²) in [6, 6.07) is 7.61. The van der Waals surface area contributed by atoms with Gasteiger partial charge in [0.2, 0.25) is 12.7 Å². The van der Waals surface area contributed by atoms with Gasteiger partial charge in [-0.3, -0.25) is 9.59 Å². The fourth-order valence-electron chi connectivity index (χ4n) is 2.98. The number of halogens is 1. The van der Waals surface area contributed by atoms with E-state index in [1.807, 2.05) is 0 Å². The van der Waals surface area contributed by atoms with Gasteiger partial charge in [-0.1, -0.05) is 0 Å². The maximum absolute atomic E-state index is 13.0. The van der Waals surface area contributed by atoms with Crippen molar-refractivity contribution in [3.05, 3.63) is 53.5 Å². The fraction of sp³-hybridized carbons (Fsp3) is 0.150. The Bertz CT molecular complexity index is 1070. The van der Waals surface area contributed by atoms with Crippen molar-refractivity contribution < 1.29 is 33.0 Å². The van der Waals surface area contributed by atoms with Crippen molar-refractivity contribution in [1.82, 2.24) is 10.2 Å². The van der Waals surface area contributed by atoms with Crippen molar-refractivity contribution in [2.75, 3.05) is 25.8 Å². The molecular weight excluding hydrogens is 397 g/mol. The molecule has 0 spiro atoms. The lowest BCUT2D eigenvalue weighted by molar-refractivity contribution is -0.127. The van der Waals surface area contributed by atoms with Gasteiger partial charge in [-0.05, 0) is 36.4 Å². The molecule has 9 nitrogen and oxygen atoms in total. The van der Waals surface area contributed by atoms with E-state index in [9.17, 15) is 18.8 Å². The summed E-state index contributed by atoms with van der Waals surface area (Å²) < 4.78 is 28.9. The molecule has 2 aliphatic heterocycles. The van der Waals surface area contributed by atoms with Gasteiger partial charge in [-0.2, -0.15) is 0 Å². The highest BCUT2D eigenvalue weighted by Crippen LogP contribution is 2.39. The van der Waals surface area contributed by atoms with Crippen molar-refractivity contribution in [2.45, 2.75) is 0 Å². The SMILES string of the molecule is COc1cc2c(cc1/C=C1\NC(=O)N(CC(=O)Nc3ccc(F)cc3)C1=O)OCO2. The van der Waals surface area contributed by atoms with Gasteiger partial charge in [0.15, 0.2) is 11.5 Å². The van der Waals surface area contributed by atoms with Gasteiger partial charge < -0.3 is 24.8 Å². The molecule has 0 radical (unpaired) electrons. The number of ether oxygens (including phenoxy) is 3. The molecule has 10 heteroatoms. The third-order valence-corrected chi connectivity index (χ3v) is 4.42. The van der Waals surface area contributed by atoms with Crippen molar-refractivity contribution in [3.63, 3.8) is 0 Å². The predicted molar refractivity (Wildman–Crippen MR) is 102 cm³/mol. The Kier molecular flexibility index (Phi) is 4.97. The van der Waals surface area contributed by atoms with Crippen LogP contribution in [0.25, 0.3) is 6.08 Å². The molecule has 2 heterocycles. The third-order valence-electron chi connectivity index (χ3n) is 4.42. The van der Waals surface area contributed by atoms with Crippen molar-refractivity contribution >= 4 is 29.6 Å². The molecule has 0 aliphatic carbocycles. The van der Waals surface area contributed by atoms with Gasteiger partial charge in [0, 0.05) is 17.3 Å². The van der Waals surface area contributed by atoms with Gasteiger partial charge in [-0.25, -0.2) is 14.1 Å². The molecular formula is C20H16FN3O6. The van der Waals surface area contributed by atoms with Gasteiger partial charge in [0.25, 0.3) is 5.91 Å². The number of imide groups is 1. The zero-order chi connectivity index (χ0) is 21.3. The molecule has 154 valence electrons. The summed E-state index contributed by atoms with van der Waals surface area (Å²) in [6.45, 7) is -0.428. The highest BCUT2D eigenvalue weighted by molar-refractivity contribution is 6.16. The normalized spacial score (nSPS) is 16.1. The maximum Gasteiger partial charge on any atom is 0.329 e. The number of hydrogen-bond donors (Lipinski definition) is 2. The molecule has 4 rings (SSSR count). The third kappa shape index (κ3) is 3.75. The summed E-state index contributed by atoms with van der Waals surface area (Å²) in [6.07, 6.45) is 1.43. The monoisotopic (exact) mass is 413 g/mol. The summed E-state index contributed by atoms with van der Waals surface area (Å²) >= 11 is 0. The van der Waals surface area contributed by atoms with Crippen LogP contribution < -0.4 is 24.8 Å². The Morgan fingerprint density at radius 1 is 1.23 bits per heavy atom. The highest BCUT2D eigenvalue weighted by Gasteiger charge is 2.35. The van der Waals surface area contributed by atoms with Crippen LogP contribution in [0.1, 0.15) is 5.56 Å². The first-order chi connectivity index (χ1) is 14.4. The molecule has 30 heavy (non-hydrogen) atoms.